The summed E-state index contributed by atoms with van der Waals surface area (Å²) in [5.41, 5.74) is 1.00. The minimum absolute atomic E-state index is 0.370. The first kappa shape index (κ1) is 15.5. The molecular weight excluding hydrogens is 328 g/mol. The standard InChI is InChI=1S/C17H25BrN2O/c18-16-4-2-1-3-15(16)17(21)7-8-19-9-11-20(12-10-19)13-14-5-6-14/h1-4,14,17,21H,5-13H2. The molecule has 1 aliphatic carbocycles. The Morgan fingerprint density at radius 1 is 1.10 bits per heavy atom. The summed E-state index contributed by atoms with van der Waals surface area (Å²) in [6.45, 7) is 6.99. The summed E-state index contributed by atoms with van der Waals surface area (Å²) in [6.07, 6.45) is 3.33. The van der Waals surface area contributed by atoms with Crippen molar-refractivity contribution in [2.24, 2.45) is 5.92 Å². The lowest BCUT2D eigenvalue weighted by Gasteiger charge is -2.35. The van der Waals surface area contributed by atoms with Crippen molar-refractivity contribution in [1.29, 1.82) is 0 Å². The predicted octanol–water partition coefficient (Wildman–Crippen LogP) is 2.90. The van der Waals surface area contributed by atoms with Crippen molar-refractivity contribution in [2.45, 2.75) is 25.4 Å². The highest BCUT2D eigenvalue weighted by Crippen LogP contribution is 2.30. The molecular formula is C17H25BrN2O. The fraction of sp³-hybridized carbons (Fsp3) is 0.647. The smallest absolute Gasteiger partial charge is 0.0813 e. The van der Waals surface area contributed by atoms with Gasteiger partial charge in [-0.1, -0.05) is 34.1 Å². The highest BCUT2D eigenvalue weighted by atomic mass is 79.9. The van der Waals surface area contributed by atoms with E-state index in [1.807, 2.05) is 24.3 Å². The Labute approximate surface area is 136 Å². The molecule has 0 radical (unpaired) electrons. The molecule has 2 fully saturated rings. The van der Waals surface area contributed by atoms with Crippen LogP contribution in [-0.2, 0) is 0 Å². The molecule has 1 unspecified atom stereocenters. The van der Waals surface area contributed by atoms with E-state index in [4.69, 9.17) is 0 Å². The van der Waals surface area contributed by atoms with Gasteiger partial charge in [0.1, 0.15) is 0 Å². The van der Waals surface area contributed by atoms with Crippen LogP contribution < -0.4 is 0 Å². The lowest BCUT2D eigenvalue weighted by molar-refractivity contribution is 0.100. The topological polar surface area (TPSA) is 26.7 Å². The number of halogens is 1. The minimum Gasteiger partial charge on any atom is -0.388 e. The van der Waals surface area contributed by atoms with Gasteiger partial charge in [-0.15, -0.1) is 0 Å². The third-order valence-electron chi connectivity index (χ3n) is 4.66. The summed E-state index contributed by atoms with van der Waals surface area (Å²) in [6, 6.07) is 7.97. The third-order valence-corrected chi connectivity index (χ3v) is 5.38. The van der Waals surface area contributed by atoms with Gasteiger partial charge in [0.2, 0.25) is 0 Å². The second-order valence-corrected chi connectivity index (χ2v) is 7.27. The van der Waals surface area contributed by atoms with Crippen LogP contribution in [0.15, 0.2) is 28.7 Å². The average Bonchev–Trinajstić information content (AvgIpc) is 3.31. The normalized spacial score (nSPS) is 22.4. The Balaban J connectivity index is 1.40. The molecule has 1 atom stereocenters. The molecule has 2 aliphatic rings. The molecule has 4 heteroatoms. The molecule has 0 amide bonds. The first-order valence-corrected chi connectivity index (χ1v) is 8.89. The maximum atomic E-state index is 10.3. The zero-order chi connectivity index (χ0) is 14.7. The van der Waals surface area contributed by atoms with Crippen LogP contribution in [0.25, 0.3) is 0 Å². The van der Waals surface area contributed by atoms with Gasteiger partial charge in [-0.25, -0.2) is 0 Å². The summed E-state index contributed by atoms with van der Waals surface area (Å²) in [4.78, 5) is 5.10. The quantitative estimate of drug-likeness (QED) is 0.852. The van der Waals surface area contributed by atoms with Gasteiger partial charge in [0.25, 0.3) is 0 Å². The molecule has 116 valence electrons. The molecule has 3 rings (SSSR count). The van der Waals surface area contributed by atoms with Crippen molar-refractivity contribution in [3.63, 3.8) is 0 Å². The molecule has 0 bridgehead atoms. The zero-order valence-electron chi connectivity index (χ0n) is 12.5. The largest absolute Gasteiger partial charge is 0.388 e. The van der Waals surface area contributed by atoms with Gasteiger partial charge in [0.05, 0.1) is 6.10 Å². The first-order valence-electron chi connectivity index (χ1n) is 8.09. The molecule has 1 heterocycles. The van der Waals surface area contributed by atoms with Crippen LogP contribution in [0.3, 0.4) is 0 Å². The highest BCUT2D eigenvalue weighted by molar-refractivity contribution is 9.10. The van der Waals surface area contributed by atoms with Gasteiger partial charge in [-0.05, 0) is 36.8 Å². The van der Waals surface area contributed by atoms with E-state index in [9.17, 15) is 5.11 Å². The van der Waals surface area contributed by atoms with E-state index in [1.165, 1.54) is 32.5 Å². The summed E-state index contributed by atoms with van der Waals surface area (Å²) in [5.74, 6) is 0.994. The molecule has 1 saturated heterocycles. The number of piperazine rings is 1. The van der Waals surface area contributed by atoms with E-state index >= 15 is 0 Å². The van der Waals surface area contributed by atoms with Crippen molar-refractivity contribution in [2.75, 3.05) is 39.3 Å². The molecule has 1 aromatic rings. The van der Waals surface area contributed by atoms with E-state index in [1.54, 1.807) is 0 Å². The van der Waals surface area contributed by atoms with E-state index in [2.05, 4.69) is 25.7 Å². The lowest BCUT2D eigenvalue weighted by Crippen LogP contribution is -2.47. The third kappa shape index (κ3) is 4.52. The molecule has 1 aromatic carbocycles. The van der Waals surface area contributed by atoms with Crippen molar-refractivity contribution in [3.05, 3.63) is 34.3 Å². The van der Waals surface area contributed by atoms with Crippen LogP contribution in [0.1, 0.15) is 30.9 Å². The number of benzene rings is 1. The Morgan fingerprint density at radius 3 is 2.43 bits per heavy atom. The number of nitrogens with zero attached hydrogens (tertiary/aromatic N) is 2. The molecule has 3 nitrogen and oxygen atoms in total. The van der Waals surface area contributed by atoms with Crippen molar-refractivity contribution >= 4 is 15.9 Å². The zero-order valence-corrected chi connectivity index (χ0v) is 14.1. The maximum absolute atomic E-state index is 10.3. The van der Waals surface area contributed by atoms with E-state index in [-0.39, 0.29) is 6.10 Å². The number of hydrogen-bond donors (Lipinski definition) is 1. The molecule has 0 aromatic heterocycles. The van der Waals surface area contributed by atoms with E-state index in [0.717, 1.165) is 42.0 Å². The number of aliphatic hydroxyl groups excluding tert-OH is 1. The monoisotopic (exact) mass is 352 g/mol. The molecule has 1 saturated carbocycles. The number of rotatable bonds is 6. The van der Waals surface area contributed by atoms with Crippen molar-refractivity contribution < 1.29 is 5.11 Å². The second kappa shape index (κ2) is 7.23. The molecule has 1 N–H and O–H groups in total. The summed E-state index contributed by atoms with van der Waals surface area (Å²) >= 11 is 3.52. The average molecular weight is 353 g/mol. The van der Waals surface area contributed by atoms with Crippen LogP contribution in [0.4, 0.5) is 0 Å². The van der Waals surface area contributed by atoms with Gasteiger partial charge in [0.15, 0.2) is 0 Å². The summed E-state index contributed by atoms with van der Waals surface area (Å²) < 4.78 is 1.01. The van der Waals surface area contributed by atoms with E-state index in [0.29, 0.717) is 0 Å². The van der Waals surface area contributed by atoms with Gasteiger partial charge in [0, 0.05) is 43.7 Å². The Kier molecular flexibility index (Phi) is 5.33. The molecule has 21 heavy (non-hydrogen) atoms. The summed E-state index contributed by atoms with van der Waals surface area (Å²) in [7, 11) is 0. The van der Waals surface area contributed by atoms with Crippen LogP contribution in [-0.4, -0.2) is 54.2 Å². The lowest BCUT2D eigenvalue weighted by atomic mass is 10.1. The minimum atomic E-state index is -0.370. The van der Waals surface area contributed by atoms with Gasteiger partial charge in [-0.3, -0.25) is 0 Å². The Bertz CT molecular complexity index is 456. The number of aliphatic hydroxyl groups is 1. The predicted molar refractivity (Wildman–Crippen MR) is 89.3 cm³/mol. The van der Waals surface area contributed by atoms with Crippen LogP contribution >= 0.6 is 15.9 Å². The maximum Gasteiger partial charge on any atom is 0.0813 e. The summed E-state index contributed by atoms with van der Waals surface area (Å²) in [5, 5.41) is 10.3. The number of hydrogen-bond acceptors (Lipinski definition) is 3. The van der Waals surface area contributed by atoms with Crippen LogP contribution in [0, 0.1) is 5.92 Å². The van der Waals surface area contributed by atoms with Gasteiger partial charge in [-0.2, -0.15) is 0 Å². The van der Waals surface area contributed by atoms with Crippen molar-refractivity contribution in [1.82, 2.24) is 9.80 Å². The Hall–Kier alpha value is -0.420. The van der Waals surface area contributed by atoms with Crippen molar-refractivity contribution in [3.8, 4) is 0 Å². The SMILES string of the molecule is OC(CCN1CCN(CC2CC2)CC1)c1ccccc1Br. The molecule has 0 spiro atoms. The van der Waals surface area contributed by atoms with E-state index < -0.39 is 0 Å². The van der Waals surface area contributed by atoms with Crippen LogP contribution in [0.2, 0.25) is 0 Å². The van der Waals surface area contributed by atoms with Crippen LogP contribution in [0.5, 0.6) is 0 Å². The van der Waals surface area contributed by atoms with Gasteiger partial charge < -0.3 is 14.9 Å². The first-order chi connectivity index (χ1) is 10.2. The Morgan fingerprint density at radius 2 is 1.76 bits per heavy atom. The van der Waals surface area contributed by atoms with Gasteiger partial charge >= 0.3 is 0 Å². The fourth-order valence-corrected chi connectivity index (χ4v) is 3.62. The second-order valence-electron chi connectivity index (χ2n) is 6.41. The fourth-order valence-electron chi connectivity index (χ4n) is 3.07. The molecule has 1 aliphatic heterocycles. The highest BCUT2D eigenvalue weighted by Gasteiger charge is 2.26.